The van der Waals surface area contributed by atoms with E-state index in [9.17, 15) is 24.9 Å². The molecule has 0 saturated carbocycles. The lowest BCUT2D eigenvalue weighted by molar-refractivity contribution is -0.244. The molecule has 0 unspecified atom stereocenters. The lowest BCUT2D eigenvalue weighted by Gasteiger charge is -2.42. The van der Waals surface area contributed by atoms with Crippen LogP contribution in [0.25, 0.3) is 0 Å². The van der Waals surface area contributed by atoms with Gasteiger partial charge in [-0.3, -0.25) is 4.79 Å². The van der Waals surface area contributed by atoms with Gasteiger partial charge in [-0.25, -0.2) is 4.79 Å². The predicted molar refractivity (Wildman–Crippen MR) is 83.8 cm³/mol. The molecule has 1 aromatic rings. The number of methoxy groups -OCH3 is 1. The summed E-state index contributed by atoms with van der Waals surface area (Å²) in [6, 6.07) is 5.09. The van der Waals surface area contributed by atoms with Gasteiger partial charge in [0.1, 0.15) is 35.7 Å². The first-order valence-electron chi connectivity index (χ1n) is 7.62. The van der Waals surface area contributed by atoms with Crippen molar-refractivity contribution in [2.45, 2.75) is 37.6 Å². The van der Waals surface area contributed by atoms with E-state index >= 15 is 0 Å². The second-order valence-corrected chi connectivity index (χ2v) is 5.54. The summed E-state index contributed by atoms with van der Waals surface area (Å²) in [6.45, 7) is 0.667. The standard InChI is InChI=1S/C16H21NO8/c1-8(19)17-12-14(21)13(20)11(7-18)25-16(12)24-10-6-4-3-5-9(10)15(22)23-2/h3-6,11-14,16,18,20-21H,7H2,1-2H3,(H,17,19)/t11-,12+,13+,14-,16-/m1/s1. The Kier molecular flexibility index (Phi) is 6.32. The number of rotatable bonds is 5. The Labute approximate surface area is 144 Å². The molecule has 2 rings (SSSR count). The summed E-state index contributed by atoms with van der Waals surface area (Å²) in [6.07, 6.45) is -5.22. The summed E-state index contributed by atoms with van der Waals surface area (Å²) in [7, 11) is 1.22. The van der Waals surface area contributed by atoms with E-state index in [1.807, 2.05) is 0 Å². The zero-order valence-electron chi connectivity index (χ0n) is 13.8. The molecular formula is C16H21NO8. The molecular weight excluding hydrogens is 334 g/mol. The van der Waals surface area contributed by atoms with Crippen molar-refractivity contribution in [3.63, 3.8) is 0 Å². The third kappa shape index (κ3) is 4.26. The maximum Gasteiger partial charge on any atom is 0.341 e. The molecule has 0 bridgehead atoms. The van der Waals surface area contributed by atoms with Crippen LogP contribution in [0.5, 0.6) is 5.75 Å². The third-order valence-corrected chi connectivity index (χ3v) is 3.79. The van der Waals surface area contributed by atoms with Crippen molar-refractivity contribution in [1.82, 2.24) is 5.32 Å². The number of para-hydroxylation sites is 1. The summed E-state index contributed by atoms with van der Waals surface area (Å²) in [5.41, 5.74) is 0.122. The highest BCUT2D eigenvalue weighted by Gasteiger charge is 2.46. The minimum atomic E-state index is -1.44. The van der Waals surface area contributed by atoms with Crippen molar-refractivity contribution < 1.29 is 39.1 Å². The van der Waals surface area contributed by atoms with Crippen LogP contribution < -0.4 is 10.1 Å². The molecule has 138 valence electrons. The number of hydrogen-bond acceptors (Lipinski definition) is 8. The zero-order chi connectivity index (χ0) is 18.6. The van der Waals surface area contributed by atoms with E-state index in [2.05, 4.69) is 10.1 Å². The van der Waals surface area contributed by atoms with Gasteiger partial charge >= 0.3 is 5.97 Å². The largest absolute Gasteiger partial charge is 0.465 e. The molecule has 25 heavy (non-hydrogen) atoms. The Hall–Kier alpha value is -2.20. The number of aliphatic hydroxyl groups excluding tert-OH is 3. The van der Waals surface area contributed by atoms with Gasteiger partial charge in [0, 0.05) is 6.92 Å². The molecule has 0 aromatic heterocycles. The monoisotopic (exact) mass is 355 g/mol. The van der Waals surface area contributed by atoms with Crippen molar-refractivity contribution in [1.29, 1.82) is 0 Å². The van der Waals surface area contributed by atoms with Gasteiger partial charge in [0.15, 0.2) is 0 Å². The fourth-order valence-corrected chi connectivity index (χ4v) is 2.54. The van der Waals surface area contributed by atoms with E-state index in [-0.39, 0.29) is 11.3 Å². The summed E-state index contributed by atoms with van der Waals surface area (Å²) < 4.78 is 15.8. The molecule has 9 nitrogen and oxygen atoms in total. The molecule has 0 radical (unpaired) electrons. The number of hydrogen-bond donors (Lipinski definition) is 4. The van der Waals surface area contributed by atoms with Gasteiger partial charge in [0.25, 0.3) is 0 Å². The summed E-state index contributed by atoms with van der Waals surface area (Å²) in [5, 5.41) is 31.9. The Bertz CT molecular complexity index is 622. The summed E-state index contributed by atoms with van der Waals surface area (Å²) >= 11 is 0. The molecule has 4 N–H and O–H groups in total. The second kappa shape index (κ2) is 8.26. The molecule has 9 heteroatoms. The normalized spacial score (nSPS) is 28.9. The fourth-order valence-electron chi connectivity index (χ4n) is 2.54. The molecule has 1 saturated heterocycles. The number of carbonyl (C=O) groups is 2. The molecule has 1 aliphatic heterocycles. The molecule has 1 fully saturated rings. The number of aliphatic hydroxyl groups is 3. The van der Waals surface area contributed by atoms with Crippen LogP contribution in [0.3, 0.4) is 0 Å². The number of nitrogens with one attached hydrogen (secondary N) is 1. The maximum atomic E-state index is 11.8. The van der Waals surface area contributed by atoms with Crippen LogP contribution >= 0.6 is 0 Å². The molecule has 0 spiro atoms. The first-order valence-corrected chi connectivity index (χ1v) is 7.62. The quantitative estimate of drug-likeness (QED) is 0.484. The van der Waals surface area contributed by atoms with E-state index in [1.54, 1.807) is 12.1 Å². The molecule has 0 aliphatic carbocycles. The Balaban J connectivity index is 2.30. The van der Waals surface area contributed by atoms with Gasteiger partial charge in [0.2, 0.25) is 12.2 Å². The van der Waals surface area contributed by atoms with Crippen molar-refractivity contribution in [3.05, 3.63) is 29.8 Å². The average Bonchev–Trinajstić information content (AvgIpc) is 2.60. The van der Waals surface area contributed by atoms with Crippen LogP contribution in [-0.2, 0) is 14.3 Å². The van der Waals surface area contributed by atoms with Crippen molar-refractivity contribution in [2.24, 2.45) is 0 Å². The van der Waals surface area contributed by atoms with Crippen molar-refractivity contribution >= 4 is 11.9 Å². The predicted octanol–water partition coefficient (Wildman–Crippen LogP) is -1.20. The van der Waals surface area contributed by atoms with E-state index in [0.29, 0.717) is 0 Å². The Morgan fingerprint density at radius 3 is 2.52 bits per heavy atom. The highest BCUT2D eigenvalue weighted by molar-refractivity contribution is 5.92. The van der Waals surface area contributed by atoms with Crippen LogP contribution in [0.15, 0.2) is 24.3 Å². The molecule has 1 aromatic carbocycles. The Morgan fingerprint density at radius 1 is 1.24 bits per heavy atom. The highest BCUT2D eigenvalue weighted by atomic mass is 16.7. The second-order valence-electron chi connectivity index (χ2n) is 5.54. The number of benzene rings is 1. The minimum absolute atomic E-state index is 0.106. The van der Waals surface area contributed by atoms with E-state index in [0.717, 1.165) is 0 Å². The minimum Gasteiger partial charge on any atom is -0.465 e. The lowest BCUT2D eigenvalue weighted by Crippen LogP contribution is -2.65. The van der Waals surface area contributed by atoms with Crippen LogP contribution in [0.2, 0.25) is 0 Å². The number of amides is 1. The van der Waals surface area contributed by atoms with Crippen LogP contribution in [0, 0.1) is 0 Å². The summed E-state index contributed by atoms with van der Waals surface area (Å²) in [5.74, 6) is -1.01. The third-order valence-electron chi connectivity index (χ3n) is 3.79. The maximum absolute atomic E-state index is 11.8. The first kappa shape index (κ1) is 19.1. The van der Waals surface area contributed by atoms with Gasteiger partial charge in [-0.15, -0.1) is 0 Å². The van der Waals surface area contributed by atoms with Crippen molar-refractivity contribution in [2.75, 3.05) is 13.7 Å². The Morgan fingerprint density at radius 2 is 1.92 bits per heavy atom. The SMILES string of the molecule is COC(=O)c1ccccc1O[C@@H]1O[C@H](CO)[C@H](O)[C@H](O)[C@@H]1NC(C)=O. The van der Waals surface area contributed by atoms with E-state index in [4.69, 9.17) is 9.47 Å². The number of carbonyl (C=O) groups excluding carboxylic acids is 2. The van der Waals surface area contributed by atoms with Crippen LogP contribution in [-0.4, -0.2) is 71.6 Å². The van der Waals surface area contributed by atoms with Crippen LogP contribution in [0.1, 0.15) is 17.3 Å². The van der Waals surface area contributed by atoms with E-state index in [1.165, 1.54) is 26.2 Å². The highest BCUT2D eigenvalue weighted by Crippen LogP contribution is 2.27. The van der Waals surface area contributed by atoms with Crippen molar-refractivity contribution in [3.8, 4) is 5.75 Å². The van der Waals surface area contributed by atoms with Gasteiger partial charge < -0.3 is 34.8 Å². The van der Waals surface area contributed by atoms with Gasteiger partial charge in [-0.05, 0) is 12.1 Å². The topological polar surface area (TPSA) is 135 Å². The van der Waals surface area contributed by atoms with E-state index < -0.39 is 49.1 Å². The van der Waals surface area contributed by atoms with Crippen LogP contribution in [0.4, 0.5) is 0 Å². The zero-order valence-corrected chi connectivity index (χ0v) is 13.8. The lowest BCUT2D eigenvalue weighted by atomic mass is 9.97. The van der Waals surface area contributed by atoms with Gasteiger partial charge in [-0.2, -0.15) is 0 Å². The molecule has 1 amide bonds. The molecule has 5 atom stereocenters. The molecule has 1 aliphatic rings. The van der Waals surface area contributed by atoms with Gasteiger partial charge in [-0.1, -0.05) is 12.1 Å². The number of esters is 1. The average molecular weight is 355 g/mol. The first-order chi connectivity index (χ1) is 11.9. The fraction of sp³-hybridized carbons (Fsp3) is 0.500. The summed E-state index contributed by atoms with van der Waals surface area (Å²) in [4.78, 5) is 23.2. The van der Waals surface area contributed by atoms with Gasteiger partial charge in [0.05, 0.1) is 13.7 Å². The smallest absolute Gasteiger partial charge is 0.341 e. The number of ether oxygens (including phenoxy) is 3. The molecule has 1 heterocycles.